The van der Waals surface area contributed by atoms with E-state index in [1.165, 1.54) is 0 Å². The average Bonchev–Trinajstić information content (AvgIpc) is 3.26. The number of hydrogen-bond acceptors (Lipinski definition) is 4. The molecular weight excluding hydrogens is 436 g/mol. The molecule has 192 valence electrons. The Labute approximate surface area is 211 Å². The summed E-state index contributed by atoms with van der Waals surface area (Å²) in [5.41, 5.74) is 2.01. The van der Waals surface area contributed by atoms with Crippen LogP contribution in [0.5, 0.6) is 0 Å². The summed E-state index contributed by atoms with van der Waals surface area (Å²) in [7, 11) is 1.67. The molecule has 1 heterocycles. The fourth-order valence-electron chi connectivity index (χ4n) is 9.13. The zero-order valence-electron chi connectivity index (χ0n) is 23.0. The molecule has 0 radical (unpaired) electrons. The van der Waals surface area contributed by atoms with Crippen molar-refractivity contribution in [3.63, 3.8) is 0 Å². The first-order valence-corrected chi connectivity index (χ1v) is 13.7. The summed E-state index contributed by atoms with van der Waals surface area (Å²) in [5.74, 6) is 2.03. The Morgan fingerprint density at radius 2 is 1.71 bits per heavy atom. The van der Waals surface area contributed by atoms with E-state index in [9.17, 15) is 9.59 Å². The number of rotatable bonds is 3. The van der Waals surface area contributed by atoms with Gasteiger partial charge in [0.2, 0.25) is 0 Å². The minimum Gasteiger partial charge on any atom is -0.423 e. The van der Waals surface area contributed by atoms with E-state index in [1.54, 1.807) is 12.7 Å². The molecule has 5 rings (SSSR count). The SMILES string of the molecule is COC(C)(C)C=C1C=C(C2CCC3(C)C4=CCC5C(C)(C)C(=O)CCC5(C)C4CCC23C)C(=O)O1. The summed E-state index contributed by atoms with van der Waals surface area (Å²) in [4.78, 5) is 25.9. The van der Waals surface area contributed by atoms with Crippen molar-refractivity contribution in [3.8, 4) is 0 Å². The highest BCUT2D eigenvalue weighted by Crippen LogP contribution is 2.73. The molecule has 4 nitrogen and oxygen atoms in total. The van der Waals surface area contributed by atoms with Gasteiger partial charge in [0.1, 0.15) is 11.5 Å². The molecule has 0 aromatic carbocycles. The Morgan fingerprint density at radius 1 is 1.03 bits per heavy atom. The topological polar surface area (TPSA) is 52.6 Å². The lowest BCUT2D eigenvalue weighted by molar-refractivity contribution is -0.145. The van der Waals surface area contributed by atoms with Gasteiger partial charge in [-0.1, -0.05) is 46.3 Å². The summed E-state index contributed by atoms with van der Waals surface area (Å²) in [6.45, 7) is 15.7. The molecule has 0 aromatic heterocycles. The predicted molar refractivity (Wildman–Crippen MR) is 137 cm³/mol. The molecule has 0 saturated heterocycles. The smallest absolute Gasteiger partial charge is 0.339 e. The molecule has 0 N–H and O–H groups in total. The van der Waals surface area contributed by atoms with Crippen LogP contribution >= 0.6 is 0 Å². The molecular formula is C31H44O4. The number of esters is 1. The van der Waals surface area contributed by atoms with Crippen molar-refractivity contribution >= 4 is 11.8 Å². The lowest BCUT2D eigenvalue weighted by atomic mass is 9.41. The minimum absolute atomic E-state index is 0.0234. The van der Waals surface area contributed by atoms with Gasteiger partial charge < -0.3 is 9.47 Å². The standard InChI is InChI=1S/C31H44O4/c1-27(2,34-8)18-19-17-20(26(33)35-19)21-11-15-31(7)23-9-10-24-28(3,4)25(32)13-14-29(24,5)22(23)12-16-30(21,31)6/h9,17-18,21-22,24H,10-16H2,1-8H3. The van der Waals surface area contributed by atoms with Gasteiger partial charge in [-0.3, -0.25) is 4.79 Å². The van der Waals surface area contributed by atoms with Crippen molar-refractivity contribution in [3.05, 3.63) is 35.1 Å². The van der Waals surface area contributed by atoms with Crippen LogP contribution in [0.3, 0.4) is 0 Å². The Balaban J connectivity index is 1.50. The van der Waals surface area contributed by atoms with Crippen LogP contribution < -0.4 is 0 Å². The van der Waals surface area contributed by atoms with Gasteiger partial charge in [0.05, 0.1) is 5.60 Å². The molecule has 3 saturated carbocycles. The molecule has 3 fully saturated rings. The van der Waals surface area contributed by atoms with Crippen LogP contribution in [0, 0.1) is 39.4 Å². The lowest BCUT2D eigenvalue weighted by Gasteiger charge is -2.63. The number of cyclic esters (lactones) is 1. The molecule has 0 spiro atoms. The number of ketones is 1. The molecule has 4 heteroatoms. The van der Waals surface area contributed by atoms with E-state index in [2.05, 4.69) is 40.7 Å². The van der Waals surface area contributed by atoms with E-state index >= 15 is 0 Å². The summed E-state index contributed by atoms with van der Waals surface area (Å²) in [6.07, 6.45) is 13.5. The van der Waals surface area contributed by atoms with Crippen molar-refractivity contribution in [2.45, 2.75) is 99.0 Å². The highest BCUT2D eigenvalue weighted by atomic mass is 16.5. The zero-order chi connectivity index (χ0) is 25.6. The fourth-order valence-corrected chi connectivity index (χ4v) is 9.13. The van der Waals surface area contributed by atoms with Crippen LogP contribution in [0.25, 0.3) is 0 Å². The lowest BCUT2D eigenvalue weighted by Crippen LogP contribution is -2.57. The maximum absolute atomic E-state index is 13.1. The Hall–Kier alpha value is -1.68. The molecule has 1 aliphatic heterocycles. The number of allylic oxidation sites excluding steroid dienone is 3. The van der Waals surface area contributed by atoms with Gasteiger partial charge in [-0.15, -0.1) is 0 Å². The van der Waals surface area contributed by atoms with Crippen molar-refractivity contribution in [1.82, 2.24) is 0 Å². The quantitative estimate of drug-likeness (QED) is 0.324. The van der Waals surface area contributed by atoms with Crippen molar-refractivity contribution in [1.29, 1.82) is 0 Å². The highest BCUT2D eigenvalue weighted by molar-refractivity contribution is 5.93. The first-order chi connectivity index (χ1) is 16.2. The maximum Gasteiger partial charge on any atom is 0.339 e. The normalized spacial score (nSPS) is 43.8. The number of ether oxygens (including phenoxy) is 2. The predicted octanol–water partition coefficient (Wildman–Crippen LogP) is 6.95. The Morgan fingerprint density at radius 3 is 2.40 bits per heavy atom. The second-order valence-corrected chi connectivity index (χ2v) is 13.9. The minimum atomic E-state index is -0.484. The van der Waals surface area contributed by atoms with Crippen LogP contribution in [-0.4, -0.2) is 24.5 Å². The van der Waals surface area contributed by atoms with Gasteiger partial charge in [-0.25, -0.2) is 4.79 Å². The molecule has 4 aliphatic carbocycles. The largest absolute Gasteiger partial charge is 0.423 e. The molecule has 35 heavy (non-hydrogen) atoms. The van der Waals surface area contributed by atoms with Gasteiger partial charge in [0.25, 0.3) is 0 Å². The fraction of sp³-hybridized carbons (Fsp3) is 0.742. The third-order valence-electron chi connectivity index (χ3n) is 11.7. The van der Waals surface area contributed by atoms with Crippen LogP contribution in [-0.2, 0) is 19.1 Å². The second-order valence-electron chi connectivity index (χ2n) is 13.9. The van der Waals surface area contributed by atoms with Crippen LogP contribution in [0.2, 0.25) is 0 Å². The maximum atomic E-state index is 13.1. The third kappa shape index (κ3) is 3.34. The number of carbonyl (C=O) groups excluding carboxylic acids is 2. The monoisotopic (exact) mass is 480 g/mol. The molecule has 6 unspecified atom stereocenters. The highest BCUT2D eigenvalue weighted by Gasteiger charge is 2.65. The van der Waals surface area contributed by atoms with Crippen LogP contribution in [0.4, 0.5) is 0 Å². The van der Waals surface area contributed by atoms with E-state index in [-0.39, 0.29) is 33.5 Å². The van der Waals surface area contributed by atoms with Crippen LogP contribution in [0.15, 0.2) is 35.1 Å². The summed E-state index contributed by atoms with van der Waals surface area (Å²) in [5, 5.41) is 0. The number of hydrogen-bond donors (Lipinski definition) is 0. The van der Waals surface area contributed by atoms with Crippen molar-refractivity contribution in [2.24, 2.45) is 39.4 Å². The summed E-state index contributed by atoms with van der Waals surface area (Å²) in [6, 6.07) is 0. The van der Waals surface area contributed by atoms with Gasteiger partial charge in [0.15, 0.2) is 0 Å². The first kappa shape index (κ1) is 25.0. The van der Waals surface area contributed by atoms with Gasteiger partial charge in [-0.05, 0) is 98.5 Å². The van der Waals surface area contributed by atoms with Crippen molar-refractivity contribution in [2.75, 3.05) is 7.11 Å². The van der Waals surface area contributed by atoms with Gasteiger partial charge in [-0.2, -0.15) is 0 Å². The third-order valence-corrected chi connectivity index (χ3v) is 11.7. The molecule has 0 aromatic rings. The number of fused-ring (bicyclic) bond motifs is 5. The van der Waals surface area contributed by atoms with E-state index in [4.69, 9.17) is 9.47 Å². The second kappa shape index (κ2) is 7.66. The van der Waals surface area contributed by atoms with E-state index in [1.807, 2.05) is 26.0 Å². The van der Waals surface area contributed by atoms with Crippen LogP contribution in [0.1, 0.15) is 93.4 Å². The van der Waals surface area contributed by atoms with E-state index < -0.39 is 5.60 Å². The Kier molecular flexibility index (Phi) is 5.47. The average molecular weight is 481 g/mol. The molecule has 6 atom stereocenters. The molecule has 0 bridgehead atoms. The van der Waals surface area contributed by atoms with Gasteiger partial charge >= 0.3 is 5.97 Å². The van der Waals surface area contributed by atoms with E-state index in [0.29, 0.717) is 29.8 Å². The number of methoxy groups -OCH3 is 1. The first-order valence-electron chi connectivity index (χ1n) is 13.7. The number of carbonyl (C=O) groups is 2. The zero-order valence-corrected chi connectivity index (χ0v) is 23.0. The Bertz CT molecular complexity index is 1060. The number of Topliss-reactive ketones (excluding diaryl/α,β-unsaturated/α-hetero) is 1. The summed E-state index contributed by atoms with van der Waals surface area (Å²) < 4.78 is 11.2. The van der Waals surface area contributed by atoms with Crippen molar-refractivity contribution < 1.29 is 19.1 Å². The summed E-state index contributed by atoms with van der Waals surface area (Å²) >= 11 is 0. The van der Waals surface area contributed by atoms with E-state index in [0.717, 1.165) is 44.1 Å². The molecule has 0 amide bonds. The van der Waals surface area contributed by atoms with Gasteiger partial charge in [0, 0.05) is 24.5 Å². The molecule has 5 aliphatic rings.